The molecule has 0 aliphatic carbocycles. The maximum absolute atomic E-state index is 12.3. The van der Waals surface area contributed by atoms with Crippen LogP contribution < -0.4 is 19.5 Å². The molecule has 0 heterocycles. The molecule has 0 fully saturated rings. The normalized spacial score (nSPS) is 10.1. The summed E-state index contributed by atoms with van der Waals surface area (Å²) in [7, 11) is 4.35. The molecule has 0 saturated heterocycles. The summed E-state index contributed by atoms with van der Waals surface area (Å²) >= 11 is 3.39. The van der Waals surface area contributed by atoms with E-state index >= 15 is 0 Å². The van der Waals surface area contributed by atoms with Crippen molar-refractivity contribution in [3.63, 3.8) is 0 Å². The van der Waals surface area contributed by atoms with E-state index in [0.717, 1.165) is 10.0 Å². The number of amides is 1. The van der Waals surface area contributed by atoms with Gasteiger partial charge in [0.15, 0.2) is 18.1 Å². The maximum atomic E-state index is 12.3. The lowest BCUT2D eigenvalue weighted by atomic mass is 10.2. The molecule has 0 bridgehead atoms. The second-order valence-corrected chi connectivity index (χ2v) is 6.36. The highest BCUT2D eigenvalue weighted by atomic mass is 79.9. The summed E-state index contributed by atoms with van der Waals surface area (Å²) in [5, 5.41) is 2.67. The van der Waals surface area contributed by atoms with Gasteiger partial charge in [0.1, 0.15) is 0 Å². The van der Waals surface area contributed by atoms with Crippen LogP contribution in [0, 0.1) is 6.92 Å². The molecule has 0 radical (unpaired) electrons. The summed E-state index contributed by atoms with van der Waals surface area (Å²) in [5.74, 6) is -0.133. The monoisotopic (exact) mass is 437 g/mol. The smallest absolute Gasteiger partial charge is 0.338 e. The fourth-order valence-corrected chi connectivity index (χ4v) is 2.58. The van der Waals surface area contributed by atoms with Crippen LogP contribution in [0.25, 0.3) is 0 Å². The van der Waals surface area contributed by atoms with Gasteiger partial charge in [-0.25, -0.2) is 4.79 Å². The molecule has 0 aromatic heterocycles. The summed E-state index contributed by atoms with van der Waals surface area (Å²) in [6.45, 7) is 1.48. The average molecular weight is 438 g/mol. The van der Waals surface area contributed by atoms with Gasteiger partial charge in [-0.15, -0.1) is 0 Å². The molecule has 27 heavy (non-hydrogen) atoms. The number of methoxy groups -OCH3 is 3. The second-order valence-electron chi connectivity index (χ2n) is 5.50. The summed E-state index contributed by atoms with van der Waals surface area (Å²) < 4.78 is 21.6. The molecule has 2 aromatic carbocycles. The lowest BCUT2D eigenvalue weighted by molar-refractivity contribution is -0.119. The number of hydrogen-bond acceptors (Lipinski definition) is 6. The van der Waals surface area contributed by atoms with Crippen molar-refractivity contribution in [3.8, 4) is 17.2 Å². The van der Waals surface area contributed by atoms with Crippen LogP contribution in [0.3, 0.4) is 0 Å². The van der Waals surface area contributed by atoms with Crippen LogP contribution in [0.2, 0.25) is 0 Å². The largest absolute Gasteiger partial charge is 0.493 e. The Hall–Kier alpha value is -2.74. The maximum Gasteiger partial charge on any atom is 0.338 e. The van der Waals surface area contributed by atoms with E-state index in [0.29, 0.717) is 22.9 Å². The second kappa shape index (κ2) is 9.27. The third-order valence-electron chi connectivity index (χ3n) is 3.68. The number of nitrogens with one attached hydrogen (secondary N) is 1. The van der Waals surface area contributed by atoms with Crippen LogP contribution >= 0.6 is 15.9 Å². The van der Waals surface area contributed by atoms with E-state index in [4.69, 9.17) is 18.9 Å². The standard InChI is InChI=1S/C19H20BrNO6/c1-11-7-13(5-6-14(11)20)21-17(22)10-27-19(23)12-8-15(24-2)18(26-4)16(9-12)25-3/h5-9H,10H2,1-4H3,(H,21,22). The molecule has 8 heteroatoms. The Morgan fingerprint density at radius 2 is 1.63 bits per heavy atom. The van der Waals surface area contributed by atoms with Crippen molar-refractivity contribution in [2.24, 2.45) is 0 Å². The first-order chi connectivity index (χ1) is 12.9. The first kappa shape index (κ1) is 20.6. The number of hydrogen-bond donors (Lipinski definition) is 1. The summed E-state index contributed by atoms with van der Waals surface area (Å²) in [5.41, 5.74) is 1.77. The highest BCUT2D eigenvalue weighted by molar-refractivity contribution is 9.10. The first-order valence-electron chi connectivity index (χ1n) is 7.92. The molecule has 1 N–H and O–H groups in total. The number of rotatable bonds is 7. The zero-order valence-corrected chi connectivity index (χ0v) is 17.0. The fourth-order valence-electron chi connectivity index (χ4n) is 2.33. The van der Waals surface area contributed by atoms with Gasteiger partial charge in [-0.3, -0.25) is 4.79 Å². The molecule has 0 saturated carbocycles. The van der Waals surface area contributed by atoms with E-state index in [-0.39, 0.29) is 5.56 Å². The predicted octanol–water partition coefficient (Wildman–Crippen LogP) is 3.58. The summed E-state index contributed by atoms with van der Waals surface area (Å²) in [6.07, 6.45) is 0. The first-order valence-corrected chi connectivity index (χ1v) is 8.72. The number of aryl methyl sites for hydroxylation is 1. The molecule has 144 valence electrons. The van der Waals surface area contributed by atoms with Crippen molar-refractivity contribution in [3.05, 3.63) is 45.9 Å². The predicted molar refractivity (Wildman–Crippen MR) is 104 cm³/mol. The van der Waals surface area contributed by atoms with Crippen molar-refractivity contribution >= 4 is 33.5 Å². The number of ether oxygens (including phenoxy) is 4. The summed E-state index contributed by atoms with van der Waals surface area (Å²) in [4.78, 5) is 24.3. The van der Waals surface area contributed by atoms with Gasteiger partial charge < -0.3 is 24.3 Å². The van der Waals surface area contributed by atoms with Crippen LogP contribution in [-0.2, 0) is 9.53 Å². The molecule has 1 amide bonds. The SMILES string of the molecule is COc1cc(C(=O)OCC(=O)Nc2ccc(Br)c(C)c2)cc(OC)c1OC. The average Bonchev–Trinajstić information content (AvgIpc) is 2.67. The van der Waals surface area contributed by atoms with E-state index in [2.05, 4.69) is 21.2 Å². The van der Waals surface area contributed by atoms with Crippen LogP contribution in [0.5, 0.6) is 17.2 Å². The minimum atomic E-state index is -0.684. The van der Waals surface area contributed by atoms with Crippen LogP contribution in [0.15, 0.2) is 34.8 Å². The molecule has 0 atom stereocenters. The number of benzene rings is 2. The van der Waals surface area contributed by atoms with Gasteiger partial charge in [-0.1, -0.05) is 15.9 Å². The van der Waals surface area contributed by atoms with E-state index in [1.807, 2.05) is 19.1 Å². The quantitative estimate of drug-likeness (QED) is 0.666. The Labute approximate surface area is 165 Å². The highest BCUT2D eigenvalue weighted by Crippen LogP contribution is 2.38. The minimum Gasteiger partial charge on any atom is -0.493 e. The van der Waals surface area contributed by atoms with E-state index < -0.39 is 18.5 Å². The van der Waals surface area contributed by atoms with Crippen molar-refractivity contribution in [2.75, 3.05) is 33.3 Å². The van der Waals surface area contributed by atoms with Crippen molar-refractivity contribution in [1.82, 2.24) is 0 Å². The number of anilines is 1. The molecule has 0 unspecified atom stereocenters. The number of halogens is 1. The van der Waals surface area contributed by atoms with Crippen molar-refractivity contribution < 1.29 is 28.5 Å². The molecule has 7 nitrogen and oxygen atoms in total. The van der Waals surface area contributed by atoms with Gasteiger partial charge in [0.05, 0.1) is 26.9 Å². The van der Waals surface area contributed by atoms with E-state index in [9.17, 15) is 9.59 Å². The molecular formula is C19H20BrNO6. The zero-order chi connectivity index (χ0) is 20.0. The molecule has 0 aliphatic rings. The molecule has 2 aromatic rings. The number of carbonyl (C=O) groups excluding carboxylic acids is 2. The van der Waals surface area contributed by atoms with Gasteiger partial charge in [0.25, 0.3) is 5.91 Å². The van der Waals surface area contributed by atoms with Crippen molar-refractivity contribution in [2.45, 2.75) is 6.92 Å². The van der Waals surface area contributed by atoms with E-state index in [1.54, 1.807) is 6.07 Å². The Kier molecular flexibility index (Phi) is 7.06. The van der Waals surface area contributed by atoms with Gasteiger partial charge in [-0.05, 0) is 42.8 Å². The minimum absolute atomic E-state index is 0.178. The highest BCUT2D eigenvalue weighted by Gasteiger charge is 2.18. The van der Waals surface area contributed by atoms with Crippen LogP contribution in [0.1, 0.15) is 15.9 Å². The molecule has 0 aliphatic heterocycles. The Bertz CT molecular complexity index is 827. The lowest BCUT2D eigenvalue weighted by Crippen LogP contribution is -2.21. The Morgan fingerprint density at radius 1 is 1.00 bits per heavy atom. The fraction of sp³-hybridized carbons (Fsp3) is 0.263. The van der Waals surface area contributed by atoms with Crippen molar-refractivity contribution in [1.29, 1.82) is 0 Å². The van der Waals surface area contributed by atoms with Gasteiger partial charge in [0.2, 0.25) is 5.75 Å². The molecular weight excluding hydrogens is 418 g/mol. The van der Waals surface area contributed by atoms with Crippen LogP contribution in [0.4, 0.5) is 5.69 Å². The topological polar surface area (TPSA) is 83.1 Å². The third kappa shape index (κ3) is 5.13. The Balaban J connectivity index is 2.04. The van der Waals surface area contributed by atoms with Gasteiger partial charge in [-0.2, -0.15) is 0 Å². The van der Waals surface area contributed by atoms with Gasteiger partial charge in [0, 0.05) is 10.2 Å². The number of esters is 1. The molecule has 2 rings (SSSR count). The zero-order valence-electron chi connectivity index (χ0n) is 15.4. The number of carbonyl (C=O) groups is 2. The lowest BCUT2D eigenvalue weighted by Gasteiger charge is -2.13. The van der Waals surface area contributed by atoms with Gasteiger partial charge >= 0.3 is 5.97 Å². The van der Waals surface area contributed by atoms with Crippen LogP contribution in [-0.4, -0.2) is 39.8 Å². The Morgan fingerprint density at radius 3 is 2.15 bits per heavy atom. The molecule has 0 spiro atoms. The third-order valence-corrected chi connectivity index (χ3v) is 4.57. The summed E-state index contributed by atoms with van der Waals surface area (Å²) in [6, 6.07) is 8.30. The van der Waals surface area contributed by atoms with E-state index in [1.165, 1.54) is 33.5 Å².